The third kappa shape index (κ3) is 2.19. The van der Waals surface area contributed by atoms with Crippen LogP contribution in [-0.4, -0.2) is 23.0 Å². The maximum absolute atomic E-state index is 4.02. The number of fused-ring (bicyclic) bond motifs is 1. The molecule has 1 aliphatic rings. The van der Waals surface area contributed by atoms with Crippen LogP contribution in [0.1, 0.15) is 24.5 Å². The highest BCUT2D eigenvalue weighted by atomic mass is 15.1. The minimum Gasteiger partial charge on any atom is -0.371 e. The summed E-state index contributed by atoms with van der Waals surface area (Å²) in [6, 6.07) is 6.59. The average Bonchev–Trinajstić information content (AvgIpc) is 2.81. The van der Waals surface area contributed by atoms with Crippen molar-refractivity contribution in [1.82, 2.24) is 9.88 Å². The zero-order valence-electron chi connectivity index (χ0n) is 11.7. The lowest BCUT2D eigenvalue weighted by Crippen LogP contribution is -2.26. The molecule has 0 aliphatic carbocycles. The Kier molecular flexibility index (Phi) is 2.94. The second-order valence-corrected chi connectivity index (χ2v) is 5.41. The number of aromatic nitrogens is 1. The average molecular weight is 252 g/mol. The van der Waals surface area contributed by atoms with Crippen LogP contribution in [0.4, 0.5) is 0 Å². The molecule has 2 nitrogen and oxygen atoms in total. The minimum atomic E-state index is 0.975. The van der Waals surface area contributed by atoms with E-state index in [-0.39, 0.29) is 0 Å². The van der Waals surface area contributed by atoms with E-state index < -0.39 is 0 Å². The molecule has 0 bridgehead atoms. The highest BCUT2D eigenvalue weighted by Gasteiger charge is 2.15. The van der Waals surface area contributed by atoms with Gasteiger partial charge in [-0.05, 0) is 38.0 Å². The van der Waals surface area contributed by atoms with Crippen LogP contribution >= 0.6 is 0 Å². The highest BCUT2D eigenvalue weighted by Crippen LogP contribution is 2.30. The number of nitrogens with one attached hydrogen (secondary N) is 1. The van der Waals surface area contributed by atoms with E-state index in [4.69, 9.17) is 0 Å². The van der Waals surface area contributed by atoms with E-state index in [1.807, 2.05) is 0 Å². The Morgan fingerprint density at radius 2 is 2.21 bits per heavy atom. The zero-order chi connectivity index (χ0) is 13.4. The molecular formula is C17H20N2. The molecule has 0 saturated carbocycles. The van der Waals surface area contributed by atoms with E-state index in [1.54, 1.807) is 0 Å². The summed E-state index contributed by atoms with van der Waals surface area (Å²) < 4.78 is 0. The first-order chi connectivity index (χ1) is 9.15. The zero-order valence-corrected chi connectivity index (χ0v) is 11.7. The Morgan fingerprint density at radius 3 is 2.89 bits per heavy atom. The van der Waals surface area contributed by atoms with Gasteiger partial charge in [0.1, 0.15) is 0 Å². The summed E-state index contributed by atoms with van der Waals surface area (Å²) in [6.45, 7) is 10.3. The van der Waals surface area contributed by atoms with Crippen molar-refractivity contribution in [2.45, 2.75) is 20.3 Å². The molecule has 0 fully saturated rings. The van der Waals surface area contributed by atoms with Gasteiger partial charge in [0.25, 0.3) is 0 Å². The fraction of sp³-hybridized carbons (Fsp3) is 0.294. The van der Waals surface area contributed by atoms with Crippen molar-refractivity contribution in [2.75, 3.05) is 13.1 Å². The number of nitrogens with zero attached hydrogens (tertiary/aromatic N) is 1. The fourth-order valence-corrected chi connectivity index (χ4v) is 2.76. The van der Waals surface area contributed by atoms with Crippen LogP contribution in [0, 0.1) is 6.92 Å². The van der Waals surface area contributed by atoms with E-state index in [0.717, 1.165) is 25.2 Å². The van der Waals surface area contributed by atoms with Gasteiger partial charge in [-0.1, -0.05) is 24.3 Å². The Bertz CT molecular complexity index is 661. The molecule has 1 aromatic carbocycles. The van der Waals surface area contributed by atoms with Crippen molar-refractivity contribution >= 4 is 16.5 Å². The maximum atomic E-state index is 4.02. The molecule has 1 N–H and O–H groups in total. The van der Waals surface area contributed by atoms with Crippen LogP contribution in [0.3, 0.4) is 0 Å². The lowest BCUT2D eigenvalue weighted by Gasteiger charge is -2.28. The van der Waals surface area contributed by atoms with Crippen molar-refractivity contribution in [1.29, 1.82) is 0 Å². The van der Waals surface area contributed by atoms with Gasteiger partial charge in [0, 0.05) is 41.4 Å². The Morgan fingerprint density at radius 1 is 1.37 bits per heavy atom. The van der Waals surface area contributed by atoms with Gasteiger partial charge in [-0.15, -0.1) is 0 Å². The molecule has 1 aliphatic heterocycles. The molecule has 0 atom stereocenters. The molecule has 98 valence electrons. The number of rotatable bonds is 2. The molecule has 1 aromatic heterocycles. The van der Waals surface area contributed by atoms with Gasteiger partial charge in [-0.3, -0.25) is 0 Å². The monoisotopic (exact) mass is 252 g/mol. The summed E-state index contributed by atoms with van der Waals surface area (Å²) in [5, 5.41) is 1.34. The molecule has 2 aromatic rings. The van der Waals surface area contributed by atoms with Crippen LogP contribution < -0.4 is 0 Å². The number of aromatic amines is 1. The van der Waals surface area contributed by atoms with E-state index in [0.29, 0.717) is 0 Å². The number of hydrogen-bond acceptors (Lipinski definition) is 1. The van der Waals surface area contributed by atoms with E-state index in [9.17, 15) is 0 Å². The smallest absolute Gasteiger partial charge is 0.0460 e. The molecule has 0 radical (unpaired) electrons. The minimum absolute atomic E-state index is 0.975. The van der Waals surface area contributed by atoms with Gasteiger partial charge in [0.05, 0.1) is 0 Å². The lowest BCUT2D eigenvalue weighted by atomic mass is 9.98. The molecule has 0 unspecified atom stereocenters. The molecule has 0 saturated heterocycles. The Balaban J connectivity index is 1.97. The summed E-state index contributed by atoms with van der Waals surface area (Å²) in [5.41, 5.74) is 6.51. The Labute approximate surface area is 114 Å². The molecule has 0 spiro atoms. The van der Waals surface area contributed by atoms with E-state index in [2.05, 4.69) is 60.8 Å². The number of hydrogen-bond donors (Lipinski definition) is 1. The molecular weight excluding hydrogens is 232 g/mol. The van der Waals surface area contributed by atoms with Gasteiger partial charge in [-0.25, -0.2) is 0 Å². The van der Waals surface area contributed by atoms with Crippen molar-refractivity contribution in [2.24, 2.45) is 0 Å². The van der Waals surface area contributed by atoms with Crippen LogP contribution in [0.5, 0.6) is 0 Å². The predicted octanol–water partition coefficient (Wildman–Crippen LogP) is 4.10. The fourth-order valence-electron chi connectivity index (χ4n) is 2.76. The van der Waals surface area contributed by atoms with Gasteiger partial charge in [-0.2, -0.15) is 0 Å². The van der Waals surface area contributed by atoms with Gasteiger partial charge in [0.2, 0.25) is 0 Å². The summed E-state index contributed by atoms with van der Waals surface area (Å²) in [7, 11) is 0. The summed E-state index contributed by atoms with van der Waals surface area (Å²) in [5.74, 6) is 0. The van der Waals surface area contributed by atoms with E-state index >= 15 is 0 Å². The maximum Gasteiger partial charge on any atom is 0.0460 e. The first-order valence-corrected chi connectivity index (χ1v) is 6.83. The summed E-state index contributed by atoms with van der Waals surface area (Å²) in [6.07, 6.45) is 5.57. The SMILES string of the molecule is C=C(C)N1CC=C(c2c[nH]c3ccc(C)cc23)CC1. The molecule has 2 heterocycles. The van der Waals surface area contributed by atoms with Crippen LogP contribution in [0.2, 0.25) is 0 Å². The van der Waals surface area contributed by atoms with Crippen LogP contribution in [0.25, 0.3) is 16.5 Å². The Hall–Kier alpha value is -1.96. The van der Waals surface area contributed by atoms with Gasteiger partial charge in [0.15, 0.2) is 0 Å². The van der Waals surface area contributed by atoms with Gasteiger partial charge < -0.3 is 9.88 Å². The highest BCUT2D eigenvalue weighted by molar-refractivity contribution is 5.93. The number of benzene rings is 1. The molecule has 2 heteroatoms. The molecule has 19 heavy (non-hydrogen) atoms. The number of allylic oxidation sites excluding steroid dienone is 1. The normalized spacial score (nSPS) is 15.7. The van der Waals surface area contributed by atoms with Gasteiger partial charge >= 0.3 is 0 Å². The lowest BCUT2D eigenvalue weighted by molar-refractivity contribution is 0.381. The summed E-state index contributed by atoms with van der Waals surface area (Å²) in [4.78, 5) is 5.70. The van der Waals surface area contributed by atoms with Crippen LogP contribution in [-0.2, 0) is 0 Å². The first kappa shape index (κ1) is 12.1. The van der Waals surface area contributed by atoms with Crippen LogP contribution in [0.15, 0.2) is 42.7 Å². The largest absolute Gasteiger partial charge is 0.371 e. The van der Waals surface area contributed by atoms with Crippen molar-refractivity contribution in [3.8, 4) is 0 Å². The third-order valence-electron chi connectivity index (χ3n) is 3.93. The number of H-pyrrole nitrogens is 1. The van der Waals surface area contributed by atoms with Crippen molar-refractivity contribution < 1.29 is 0 Å². The second-order valence-electron chi connectivity index (χ2n) is 5.41. The third-order valence-corrected chi connectivity index (χ3v) is 3.93. The topological polar surface area (TPSA) is 19.0 Å². The first-order valence-electron chi connectivity index (χ1n) is 6.83. The van der Waals surface area contributed by atoms with Crippen molar-refractivity contribution in [3.05, 3.63) is 53.9 Å². The standard InChI is InChI=1S/C17H20N2/c1-12(2)19-8-6-14(7-9-19)16-11-18-17-5-4-13(3)10-15(16)17/h4-6,10-11,18H,1,7-9H2,2-3H3. The quantitative estimate of drug-likeness (QED) is 0.852. The predicted molar refractivity (Wildman–Crippen MR) is 82.0 cm³/mol. The second kappa shape index (κ2) is 4.61. The summed E-state index contributed by atoms with van der Waals surface area (Å²) >= 11 is 0. The van der Waals surface area contributed by atoms with E-state index in [1.165, 1.54) is 27.6 Å². The number of aryl methyl sites for hydroxylation is 1. The molecule has 0 amide bonds. The molecule has 3 rings (SSSR count). The van der Waals surface area contributed by atoms with Crippen molar-refractivity contribution in [3.63, 3.8) is 0 Å².